The van der Waals surface area contributed by atoms with Crippen LogP contribution in [0.3, 0.4) is 0 Å². The van der Waals surface area contributed by atoms with Crippen molar-refractivity contribution < 1.29 is 19.1 Å². The third kappa shape index (κ3) is 5.19. The Morgan fingerprint density at radius 2 is 2.12 bits per heavy atom. The Morgan fingerprint density at radius 1 is 1.41 bits per heavy atom. The van der Waals surface area contributed by atoms with Crippen molar-refractivity contribution in [3.05, 3.63) is 24.2 Å². The molecule has 17 heavy (non-hydrogen) atoms. The van der Waals surface area contributed by atoms with Gasteiger partial charge in [0.15, 0.2) is 0 Å². The van der Waals surface area contributed by atoms with Crippen LogP contribution in [-0.2, 0) is 16.1 Å². The monoisotopic (exact) mass is 239 g/mol. The summed E-state index contributed by atoms with van der Waals surface area (Å²) in [6.07, 6.45) is 3.27. The number of furan rings is 1. The third-order valence-corrected chi connectivity index (χ3v) is 2.34. The van der Waals surface area contributed by atoms with Crippen molar-refractivity contribution in [3.8, 4) is 0 Å². The van der Waals surface area contributed by atoms with Crippen molar-refractivity contribution in [1.29, 1.82) is 0 Å². The fourth-order valence-corrected chi connectivity index (χ4v) is 1.56. The van der Waals surface area contributed by atoms with Crippen LogP contribution in [0.15, 0.2) is 23.0 Å². The van der Waals surface area contributed by atoms with E-state index in [1.54, 1.807) is 26.2 Å². The molecule has 0 aliphatic heterocycles. The van der Waals surface area contributed by atoms with Gasteiger partial charge in [-0.1, -0.05) is 13.8 Å². The van der Waals surface area contributed by atoms with Gasteiger partial charge in [0, 0.05) is 18.5 Å². The highest BCUT2D eigenvalue weighted by molar-refractivity contribution is 5.77. The maximum absolute atomic E-state index is 11.6. The first-order valence-corrected chi connectivity index (χ1v) is 5.39. The largest absolute Gasteiger partial charge is 0.481 e. The average molecular weight is 239 g/mol. The van der Waals surface area contributed by atoms with Crippen molar-refractivity contribution in [2.45, 2.75) is 33.2 Å². The molecule has 0 saturated heterocycles. The lowest BCUT2D eigenvalue weighted by Crippen LogP contribution is -2.29. The molecule has 1 heterocycles. The highest BCUT2D eigenvalue weighted by Gasteiger charge is 2.24. The Kier molecular flexibility index (Phi) is 4.31. The number of hydrogen-bond acceptors (Lipinski definition) is 3. The molecule has 1 amide bonds. The van der Waals surface area contributed by atoms with Crippen LogP contribution in [0.2, 0.25) is 0 Å². The number of rotatable bonds is 6. The average Bonchev–Trinajstić information content (AvgIpc) is 2.63. The molecule has 0 bridgehead atoms. The van der Waals surface area contributed by atoms with Crippen LogP contribution in [0.1, 0.15) is 32.3 Å². The van der Waals surface area contributed by atoms with Gasteiger partial charge in [0.1, 0.15) is 0 Å². The minimum Gasteiger partial charge on any atom is -0.481 e. The van der Waals surface area contributed by atoms with Gasteiger partial charge in [-0.25, -0.2) is 0 Å². The van der Waals surface area contributed by atoms with Crippen molar-refractivity contribution in [2.24, 2.45) is 5.41 Å². The molecule has 0 aliphatic carbocycles. The molecule has 0 saturated carbocycles. The van der Waals surface area contributed by atoms with E-state index < -0.39 is 11.4 Å². The van der Waals surface area contributed by atoms with E-state index >= 15 is 0 Å². The van der Waals surface area contributed by atoms with Gasteiger partial charge in [0.2, 0.25) is 5.91 Å². The topological polar surface area (TPSA) is 79.5 Å². The normalized spacial score (nSPS) is 11.2. The summed E-state index contributed by atoms with van der Waals surface area (Å²) >= 11 is 0. The Balaban J connectivity index is 2.36. The minimum atomic E-state index is -0.891. The molecule has 0 unspecified atom stereocenters. The van der Waals surface area contributed by atoms with E-state index in [1.165, 1.54) is 6.26 Å². The summed E-state index contributed by atoms with van der Waals surface area (Å²) in [6.45, 7) is 3.93. The molecule has 0 fully saturated rings. The Labute approximate surface area is 99.8 Å². The van der Waals surface area contributed by atoms with Crippen LogP contribution in [-0.4, -0.2) is 17.0 Å². The molecule has 1 rings (SSSR count). The summed E-state index contributed by atoms with van der Waals surface area (Å²) in [5.41, 5.74) is 0.348. The fraction of sp³-hybridized carbons (Fsp3) is 0.500. The highest BCUT2D eigenvalue weighted by Crippen LogP contribution is 2.24. The summed E-state index contributed by atoms with van der Waals surface area (Å²) in [5.74, 6) is -1.05. The first-order chi connectivity index (χ1) is 7.89. The first kappa shape index (κ1) is 13.3. The molecule has 94 valence electrons. The second-order valence-electron chi connectivity index (χ2n) is 4.82. The molecule has 2 N–H and O–H groups in total. The molecule has 1 aromatic rings. The van der Waals surface area contributed by atoms with Crippen LogP contribution >= 0.6 is 0 Å². The summed E-state index contributed by atoms with van der Waals surface area (Å²) < 4.78 is 4.87. The van der Waals surface area contributed by atoms with E-state index in [0.717, 1.165) is 5.56 Å². The number of carbonyl (C=O) groups is 2. The van der Waals surface area contributed by atoms with Gasteiger partial charge in [-0.3, -0.25) is 9.59 Å². The molecule has 0 aromatic carbocycles. The summed E-state index contributed by atoms with van der Waals surface area (Å²) in [6, 6.07) is 1.77. The zero-order valence-corrected chi connectivity index (χ0v) is 10.0. The lowest BCUT2D eigenvalue weighted by Gasteiger charge is -2.21. The first-order valence-electron chi connectivity index (χ1n) is 5.39. The van der Waals surface area contributed by atoms with E-state index in [-0.39, 0.29) is 18.7 Å². The fourth-order valence-electron chi connectivity index (χ4n) is 1.56. The molecule has 5 heteroatoms. The number of nitrogens with one attached hydrogen (secondary N) is 1. The second-order valence-corrected chi connectivity index (χ2v) is 4.82. The maximum Gasteiger partial charge on any atom is 0.303 e. The summed E-state index contributed by atoms with van der Waals surface area (Å²) in [5, 5.41) is 11.4. The van der Waals surface area contributed by atoms with Gasteiger partial charge >= 0.3 is 5.97 Å². The number of carboxylic acids is 1. The Hall–Kier alpha value is -1.78. The highest BCUT2D eigenvalue weighted by atomic mass is 16.4. The van der Waals surface area contributed by atoms with Crippen molar-refractivity contribution in [1.82, 2.24) is 5.32 Å². The van der Waals surface area contributed by atoms with E-state index in [1.807, 2.05) is 0 Å². The van der Waals surface area contributed by atoms with Gasteiger partial charge < -0.3 is 14.8 Å². The Bertz CT molecular complexity index is 381. The maximum atomic E-state index is 11.6. The number of amides is 1. The number of hydrogen-bond donors (Lipinski definition) is 2. The third-order valence-electron chi connectivity index (χ3n) is 2.34. The van der Waals surface area contributed by atoms with Gasteiger partial charge in [0.05, 0.1) is 18.9 Å². The molecule has 0 spiro atoms. The van der Waals surface area contributed by atoms with E-state index in [9.17, 15) is 9.59 Å². The van der Waals surface area contributed by atoms with Gasteiger partial charge in [-0.15, -0.1) is 0 Å². The van der Waals surface area contributed by atoms with Crippen LogP contribution in [0.5, 0.6) is 0 Å². The van der Waals surface area contributed by atoms with Crippen molar-refractivity contribution in [3.63, 3.8) is 0 Å². The number of aliphatic carboxylic acids is 1. The van der Waals surface area contributed by atoms with Crippen molar-refractivity contribution in [2.75, 3.05) is 0 Å². The van der Waals surface area contributed by atoms with Crippen LogP contribution in [0.4, 0.5) is 0 Å². The summed E-state index contributed by atoms with van der Waals surface area (Å²) in [7, 11) is 0. The zero-order chi connectivity index (χ0) is 12.9. The molecule has 5 nitrogen and oxygen atoms in total. The van der Waals surface area contributed by atoms with Gasteiger partial charge in [0.25, 0.3) is 0 Å². The molecule has 0 aliphatic rings. The Morgan fingerprint density at radius 3 is 2.65 bits per heavy atom. The SMILES string of the molecule is CC(C)(CC(=O)O)CC(=O)NCc1ccoc1. The smallest absolute Gasteiger partial charge is 0.303 e. The summed E-state index contributed by atoms with van der Waals surface area (Å²) in [4.78, 5) is 22.2. The second kappa shape index (κ2) is 5.52. The molecule has 0 radical (unpaired) electrons. The van der Waals surface area contributed by atoms with Crippen LogP contribution in [0.25, 0.3) is 0 Å². The zero-order valence-electron chi connectivity index (χ0n) is 10.0. The predicted molar refractivity (Wildman–Crippen MR) is 61.2 cm³/mol. The predicted octanol–water partition coefficient (Wildman–Crippen LogP) is 1.79. The van der Waals surface area contributed by atoms with E-state index in [2.05, 4.69) is 5.32 Å². The van der Waals surface area contributed by atoms with E-state index in [0.29, 0.717) is 6.54 Å². The van der Waals surface area contributed by atoms with Crippen molar-refractivity contribution >= 4 is 11.9 Å². The van der Waals surface area contributed by atoms with E-state index in [4.69, 9.17) is 9.52 Å². The van der Waals surface area contributed by atoms with Gasteiger partial charge in [-0.05, 0) is 11.5 Å². The molecular formula is C12H17NO4. The van der Waals surface area contributed by atoms with Crippen LogP contribution in [0, 0.1) is 5.41 Å². The standard InChI is InChI=1S/C12H17NO4/c1-12(2,6-11(15)16)5-10(14)13-7-9-3-4-17-8-9/h3-4,8H,5-7H2,1-2H3,(H,13,14)(H,15,16). The number of carboxylic acid groups (broad SMARTS) is 1. The molecule has 0 atom stereocenters. The molecular weight excluding hydrogens is 222 g/mol. The lowest BCUT2D eigenvalue weighted by molar-refractivity contribution is -0.139. The minimum absolute atomic E-state index is 0.0217. The quantitative estimate of drug-likeness (QED) is 0.793. The van der Waals surface area contributed by atoms with Gasteiger partial charge in [-0.2, -0.15) is 0 Å². The van der Waals surface area contributed by atoms with Crippen LogP contribution < -0.4 is 5.32 Å². The number of carbonyl (C=O) groups excluding carboxylic acids is 1. The lowest BCUT2D eigenvalue weighted by atomic mass is 9.85. The molecule has 1 aromatic heterocycles.